The monoisotopic (exact) mass is 419 g/mol. The van der Waals surface area contributed by atoms with E-state index in [1.54, 1.807) is 0 Å². The molecular weight excluding hydrogens is 401 g/mol. The van der Waals surface area contributed by atoms with Crippen molar-refractivity contribution in [2.24, 2.45) is 0 Å². The Kier molecular flexibility index (Phi) is 3.21. The molecule has 0 saturated heterocycles. The summed E-state index contributed by atoms with van der Waals surface area (Å²) in [6.45, 7) is 0.103. The third-order valence-electron chi connectivity index (χ3n) is 7.26. The van der Waals surface area contributed by atoms with Crippen LogP contribution in [0.25, 0.3) is 32.9 Å². The lowest BCUT2D eigenvalue weighted by atomic mass is 9.45. The molecule has 8 rings (SSSR count). The van der Waals surface area contributed by atoms with Crippen LogP contribution < -0.4 is 15.8 Å². The number of hydrogen-bond acceptors (Lipinski definition) is 2. The van der Waals surface area contributed by atoms with E-state index in [2.05, 4.69) is 111 Å². The molecule has 0 unspecified atom stereocenters. The fourth-order valence-electron chi connectivity index (χ4n) is 6.03. The van der Waals surface area contributed by atoms with Crippen molar-refractivity contribution in [3.63, 3.8) is 0 Å². The van der Waals surface area contributed by atoms with Gasteiger partial charge < -0.3 is 9.38 Å². The van der Waals surface area contributed by atoms with Crippen LogP contribution in [0.5, 0.6) is 0 Å². The van der Waals surface area contributed by atoms with E-state index in [1.807, 2.05) is 12.4 Å². The number of anilines is 3. The van der Waals surface area contributed by atoms with Gasteiger partial charge in [-0.05, 0) is 46.8 Å². The molecular formula is C29H18BN3. The number of nitrogens with zero attached hydrogens (tertiary/aromatic N) is 3. The Morgan fingerprint density at radius 1 is 0.636 bits per heavy atom. The molecule has 4 heteroatoms. The lowest BCUT2D eigenvalue weighted by Gasteiger charge is -2.40. The van der Waals surface area contributed by atoms with Crippen molar-refractivity contribution in [1.29, 1.82) is 0 Å². The van der Waals surface area contributed by atoms with Crippen LogP contribution in [-0.4, -0.2) is 16.3 Å². The standard InChI is InChI=1S/C29H18BN3/c1-2-8-19(9-3-1)32-26-15-7-11-21-23-13-6-12-22-20-10-4-5-14-25(20)33(29(22)23)30(28(21)26)24-16-17-31-18-27(24)32/h1-18H. The van der Waals surface area contributed by atoms with Crippen molar-refractivity contribution in [2.75, 3.05) is 4.90 Å². The van der Waals surface area contributed by atoms with Crippen LogP contribution >= 0.6 is 0 Å². The minimum atomic E-state index is 0.103. The zero-order chi connectivity index (χ0) is 21.5. The molecule has 4 aromatic carbocycles. The topological polar surface area (TPSA) is 21.1 Å². The number of rotatable bonds is 1. The van der Waals surface area contributed by atoms with Crippen molar-refractivity contribution in [2.45, 2.75) is 0 Å². The Hall–Kier alpha value is -4.31. The van der Waals surface area contributed by atoms with E-state index >= 15 is 0 Å². The van der Waals surface area contributed by atoms with E-state index in [-0.39, 0.29) is 6.85 Å². The smallest absolute Gasteiger partial charge is 0.333 e. The molecule has 3 nitrogen and oxygen atoms in total. The molecule has 0 atom stereocenters. The number of para-hydroxylation sites is 3. The van der Waals surface area contributed by atoms with E-state index in [9.17, 15) is 0 Å². The van der Waals surface area contributed by atoms with E-state index in [0.717, 1.165) is 11.4 Å². The average molecular weight is 419 g/mol. The fraction of sp³-hybridized carbons (Fsp3) is 0. The molecule has 33 heavy (non-hydrogen) atoms. The summed E-state index contributed by atoms with van der Waals surface area (Å²) in [6.07, 6.45) is 3.94. The second kappa shape index (κ2) is 6.14. The Bertz CT molecular complexity index is 1740. The third-order valence-corrected chi connectivity index (χ3v) is 7.26. The van der Waals surface area contributed by atoms with Crippen LogP contribution in [0.15, 0.2) is 109 Å². The Balaban J connectivity index is 1.58. The summed E-state index contributed by atoms with van der Waals surface area (Å²) in [7, 11) is 0. The van der Waals surface area contributed by atoms with Crippen molar-refractivity contribution in [3.05, 3.63) is 109 Å². The number of aromatic nitrogens is 2. The molecule has 0 bridgehead atoms. The molecule has 0 radical (unpaired) electrons. The zero-order valence-electron chi connectivity index (χ0n) is 17.8. The first-order valence-electron chi connectivity index (χ1n) is 11.4. The van der Waals surface area contributed by atoms with Gasteiger partial charge in [-0.2, -0.15) is 0 Å². The highest BCUT2D eigenvalue weighted by Crippen LogP contribution is 2.44. The lowest BCUT2D eigenvalue weighted by Crippen LogP contribution is -2.56. The summed E-state index contributed by atoms with van der Waals surface area (Å²) in [5.41, 5.74) is 11.4. The van der Waals surface area contributed by atoms with Gasteiger partial charge in [0.25, 0.3) is 0 Å². The van der Waals surface area contributed by atoms with Crippen LogP contribution in [0.4, 0.5) is 17.1 Å². The van der Waals surface area contributed by atoms with Gasteiger partial charge in [0, 0.05) is 44.9 Å². The van der Waals surface area contributed by atoms with Crippen molar-refractivity contribution < 1.29 is 0 Å². The molecule has 4 heterocycles. The zero-order valence-corrected chi connectivity index (χ0v) is 17.8. The Labute approximate surface area is 191 Å². The van der Waals surface area contributed by atoms with Crippen LogP contribution in [0.3, 0.4) is 0 Å². The molecule has 2 aromatic heterocycles. The third kappa shape index (κ3) is 2.08. The van der Waals surface area contributed by atoms with E-state index < -0.39 is 0 Å². The van der Waals surface area contributed by atoms with Gasteiger partial charge in [0.05, 0.1) is 11.9 Å². The maximum Gasteiger partial charge on any atom is 0.333 e. The maximum absolute atomic E-state index is 4.55. The Morgan fingerprint density at radius 2 is 1.42 bits per heavy atom. The molecule has 6 aromatic rings. The number of hydrogen-bond donors (Lipinski definition) is 0. The van der Waals surface area contributed by atoms with E-state index in [0.29, 0.717) is 0 Å². The van der Waals surface area contributed by atoms with Gasteiger partial charge in [-0.25, -0.2) is 0 Å². The fourth-order valence-corrected chi connectivity index (χ4v) is 6.03. The summed E-state index contributed by atoms with van der Waals surface area (Å²) in [4.78, 5) is 6.92. The number of benzene rings is 4. The van der Waals surface area contributed by atoms with Gasteiger partial charge in [0.2, 0.25) is 0 Å². The molecule has 0 aliphatic carbocycles. The highest BCUT2D eigenvalue weighted by atomic mass is 15.2. The summed E-state index contributed by atoms with van der Waals surface area (Å²) < 4.78 is 2.56. The van der Waals surface area contributed by atoms with Gasteiger partial charge in [0.15, 0.2) is 0 Å². The summed E-state index contributed by atoms with van der Waals surface area (Å²) in [5, 5.41) is 2.63. The van der Waals surface area contributed by atoms with Gasteiger partial charge in [-0.1, -0.05) is 66.7 Å². The van der Waals surface area contributed by atoms with E-state index in [4.69, 9.17) is 0 Å². The predicted octanol–water partition coefficient (Wildman–Crippen LogP) is 5.61. The normalized spacial score (nSPS) is 13.3. The number of pyridine rings is 1. The van der Waals surface area contributed by atoms with Gasteiger partial charge >= 0.3 is 6.85 Å². The summed E-state index contributed by atoms with van der Waals surface area (Å²) >= 11 is 0. The highest BCUT2D eigenvalue weighted by Gasteiger charge is 2.42. The van der Waals surface area contributed by atoms with Gasteiger partial charge in [-0.15, -0.1) is 0 Å². The van der Waals surface area contributed by atoms with Crippen molar-refractivity contribution in [3.8, 4) is 11.1 Å². The van der Waals surface area contributed by atoms with Crippen LogP contribution in [-0.2, 0) is 0 Å². The second-order valence-electron chi connectivity index (χ2n) is 8.84. The van der Waals surface area contributed by atoms with Gasteiger partial charge in [-0.3, -0.25) is 4.98 Å². The first kappa shape index (κ1) is 17.3. The molecule has 0 N–H and O–H groups in total. The minimum absolute atomic E-state index is 0.103. The lowest BCUT2D eigenvalue weighted by molar-refractivity contribution is 1.22. The highest BCUT2D eigenvalue weighted by molar-refractivity contribution is 6.90. The van der Waals surface area contributed by atoms with Crippen LogP contribution in [0.1, 0.15) is 0 Å². The molecule has 0 fully saturated rings. The first-order chi connectivity index (χ1) is 16.4. The molecule has 0 amide bonds. The number of fused-ring (bicyclic) bond motifs is 7. The molecule has 152 valence electrons. The Morgan fingerprint density at radius 3 is 2.36 bits per heavy atom. The summed E-state index contributed by atoms with van der Waals surface area (Å²) in [6, 6.07) is 35.1. The SMILES string of the molecule is c1ccc(N2c3cnccc3B3c4c(cccc42)-c2cccc4c5ccccc5n3c24)cc1. The predicted molar refractivity (Wildman–Crippen MR) is 138 cm³/mol. The van der Waals surface area contributed by atoms with Crippen LogP contribution in [0.2, 0.25) is 0 Å². The minimum Gasteiger partial charge on any atom is -0.375 e. The largest absolute Gasteiger partial charge is 0.375 e. The summed E-state index contributed by atoms with van der Waals surface area (Å²) in [5.74, 6) is 0. The van der Waals surface area contributed by atoms with E-state index in [1.165, 1.54) is 49.5 Å². The first-order valence-corrected chi connectivity index (χ1v) is 11.4. The molecule has 0 saturated carbocycles. The second-order valence-corrected chi connectivity index (χ2v) is 8.84. The molecule has 2 aliphatic rings. The average Bonchev–Trinajstić information content (AvgIpc) is 3.22. The van der Waals surface area contributed by atoms with Crippen molar-refractivity contribution in [1.82, 2.24) is 9.46 Å². The van der Waals surface area contributed by atoms with Crippen molar-refractivity contribution >= 4 is 56.6 Å². The maximum atomic E-state index is 4.55. The van der Waals surface area contributed by atoms with Crippen LogP contribution in [0, 0.1) is 0 Å². The van der Waals surface area contributed by atoms with Gasteiger partial charge in [0.1, 0.15) is 0 Å². The molecule has 2 aliphatic heterocycles. The quantitative estimate of drug-likeness (QED) is 0.323. The molecule has 0 spiro atoms.